The predicted octanol–water partition coefficient (Wildman–Crippen LogP) is 3.98. The number of benzene rings is 2. The van der Waals surface area contributed by atoms with Gasteiger partial charge in [-0.3, -0.25) is 9.97 Å². The summed E-state index contributed by atoms with van der Waals surface area (Å²) in [7, 11) is -3.61. The summed E-state index contributed by atoms with van der Waals surface area (Å²) in [6.45, 7) is 14.2. The van der Waals surface area contributed by atoms with Gasteiger partial charge >= 0.3 is 0 Å². The fourth-order valence-electron chi connectivity index (χ4n) is 5.24. The van der Waals surface area contributed by atoms with E-state index in [0.29, 0.717) is 0 Å². The average Bonchev–Trinajstić information content (AvgIpc) is 3.22. The highest BCUT2D eigenvalue weighted by Gasteiger charge is 2.43. The molecule has 6 rings (SSSR count). The van der Waals surface area contributed by atoms with Crippen LogP contribution in [0.15, 0.2) is 24.3 Å². The Morgan fingerprint density at radius 2 is 1.04 bits per heavy atom. The van der Waals surface area contributed by atoms with Gasteiger partial charge in [0.15, 0.2) is 0 Å². The van der Waals surface area contributed by atoms with Crippen LogP contribution in [0.25, 0.3) is 31.7 Å². The van der Waals surface area contributed by atoms with Gasteiger partial charge in [0.25, 0.3) is 0 Å². The molecule has 0 saturated carbocycles. The van der Waals surface area contributed by atoms with Gasteiger partial charge in [-0.15, -0.1) is 22.7 Å². The van der Waals surface area contributed by atoms with E-state index in [1.54, 1.807) is 10.4 Å². The van der Waals surface area contributed by atoms with Crippen molar-refractivity contribution < 1.29 is 0 Å². The van der Waals surface area contributed by atoms with E-state index in [1.807, 2.05) is 22.7 Å². The van der Waals surface area contributed by atoms with E-state index in [2.05, 4.69) is 64.3 Å². The lowest BCUT2D eigenvalue weighted by Crippen LogP contribution is -2.59. The molecule has 0 saturated heterocycles. The molecule has 4 heterocycles. The molecule has 0 aliphatic carbocycles. The summed E-state index contributed by atoms with van der Waals surface area (Å²) in [6, 6.07) is 9.63. The molecule has 0 spiro atoms. The van der Waals surface area contributed by atoms with Gasteiger partial charge in [0.05, 0.1) is 19.8 Å². The van der Waals surface area contributed by atoms with Gasteiger partial charge in [-0.2, -0.15) is 0 Å². The van der Waals surface area contributed by atoms with Crippen molar-refractivity contribution in [1.29, 1.82) is 0 Å². The molecule has 2 aliphatic heterocycles. The summed E-state index contributed by atoms with van der Waals surface area (Å²) in [6.07, 6.45) is 0. The SMILES string of the molecule is Cc1nc2c(s1)-c1ccc3c4c(ccc(c14)[Si]2(C)C)-c1sc(C)nc1[Si]3(C)C. The fraction of sp³-hybridized carbons (Fsp3) is 0.273. The Bertz CT molecular complexity index is 1240. The number of thiazole rings is 2. The van der Waals surface area contributed by atoms with Crippen molar-refractivity contribution in [1.82, 2.24) is 9.97 Å². The first-order valence-electron chi connectivity index (χ1n) is 9.78. The predicted molar refractivity (Wildman–Crippen MR) is 129 cm³/mol. The molecule has 140 valence electrons. The maximum atomic E-state index is 5.02. The molecule has 0 radical (unpaired) electrons. The smallest absolute Gasteiger partial charge is 0.138 e. The third kappa shape index (κ3) is 1.87. The van der Waals surface area contributed by atoms with E-state index < -0.39 is 16.1 Å². The van der Waals surface area contributed by atoms with Crippen molar-refractivity contribution in [2.75, 3.05) is 0 Å². The highest BCUT2D eigenvalue weighted by molar-refractivity contribution is 7.20. The van der Waals surface area contributed by atoms with Crippen molar-refractivity contribution in [2.45, 2.75) is 40.0 Å². The molecule has 0 fully saturated rings. The summed E-state index contributed by atoms with van der Waals surface area (Å²) in [5, 5.41) is 11.3. The van der Waals surface area contributed by atoms with E-state index in [1.165, 1.54) is 52.3 Å². The first kappa shape index (κ1) is 17.3. The van der Waals surface area contributed by atoms with Crippen LogP contribution in [-0.2, 0) is 0 Å². The molecule has 0 atom stereocenters. The quantitative estimate of drug-likeness (QED) is 0.391. The molecule has 0 bridgehead atoms. The minimum atomic E-state index is -1.81. The minimum absolute atomic E-state index is 1.19. The Morgan fingerprint density at radius 1 is 0.643 bits per heavy atom. The lowest BCUT2D eigenvalue weighted by molar-refractivity contribution is 1.32. The number of fused-ring (bicyclic) bond motifs is 4. The maximum absolute atomic E-state index is 5.02. The van der Waals surface area contributed by atoms with E-state index in [4.69, 9.17) is 9.97 Å². The van der Waals surface area contributed by atoms with Gasteiger partial charge in [-0.05, 0) is 35.0 Å². The fourth-order valence-corrected chi connectivity index (χ4v) is 14.5. The van der Waals surface area contributed by atoms with Gasteiger partial charge < -0.3 is 0 Å². The van der Waals surface area contributed by atoms with Crippen LogP contribution in [0.2, 0.25) is 26.2 Å². The highest BCUT2D eigenvalue weighted by atomic mass is 32.1. The van der Waals surface area contributed by atoms with Crippen LogP contribution in [0, 0.1) is 13.8 Å². The largest absolute Gasteiger partial charge is 0.250 e. The number of rotatable bonds is 0. The zero-order chi connectivity index (χ0) is 19.6. The zero-order valence-corrected chi connectivity index (χ0v) is 20.7. The van der Waals surface area contributed by atoms with E-state index in [9.17, 15) is 0 Å². The third-order valence-electron chi connectivity index (χ3n) is 6.65. The molecule has 2 aromatic carbocycles. The van der Waals surface area contributed by atoms with Gasteiger partial charge in [0.1, 0.15) is 16.1 Å². The Labute approximate surface area is 175 Å². The molecule has 0 amide bonds. The number of nitrogens with zero attached hydrogens (tertiary/aromatic N) is 2. The monoisotopic (exact) mass is 434 g/mol. The lowest BCUT2D eigenvalue weighted by atomic mass is 9.97. The number of hydrogen-bond acceptors (Lipinski definition) is 4. The van der Waals surface area contributed by atoms with Crippen LogP contribution < -0.4 is 21.0 Å². The maximum Gasteiger partial charge on any atom is 0.138 e. The molecule has 28 heavy (non-hydrogen) atoms. The molecule has 0 unspecified atom stereocenters. The second kappa shape index (κ2) is 5.11. The number of aromatic nitrogens is 2. The summed E-state index contributed by atoms with van der Waals surface area (Å²) >= 11 is 3.76. The summed E-state index contributed by atoms with van der Waals surface area (Å²) in [4.78, 5) is 12.9. The van der Waals surface area contributed by atoms with Crippen LogP contribution in [-0.4, -0.2) is 26.1 Å². The molecular formula is C22H22N2S2Si2. The van der Waals surface area contributed by atoms with Gasteiger partial charge in [0, 0.05) is 21.8 Å². The van der Waals surface area contributed by atoms with Crippen molar-refractivity contribution in [3.63, 3.8) is 0 Å². The van der Waals surface area contributed by atoms with Gasteiger partial charge in [0.2, 0.25) is 0 Å². The first-order chi connectivity index (χ1) is 13.2. The molecular weight excluding hydrogens is 413 g/mol. The standard InChI is InChI=1S/C22H22N2S2Si2/c1-11-23-21-19(25-11)13-7-9-16-18-14(8-10-15(17(13)18)27(21,3)4)20-22(28(16,5)6)24-12(2)26-20/h7-10H,1-6H3. The van der Waals surface area contributed by atoms with Crippen molar-refractivity contribution in [3.8, 4) is 20.9 Å². The van der Waals surface area contributed by atoms with E-state index in [0.717, 1.165) is 0 Å². The van der Waals surface area contributed by atoms with Crippen molar-refractivity contribution >= 4 is 70.6 Å². The topological polar surface area (TPSA) is 25.8 Å². The molecule has 2 nitrogen and oxygen atoms in total. The van der Waals surface area contributed by atoms with Gasteiger partial charge in [-0.1, -0.05) is 50.5 Å². The summed E-state index contributed by atoms with van der Waals surface area (Å²) < 4.78 is 0. The molecule has 2 aliphatic rings. The second-order valence-electron chi connectivity index (χ2n) is 9.14. The van der Waals surface area contributed by atoms with Crippen LogP contribution in [0.5, 0.6) is 0 Å². The Balaban J connectivity index is 1.86. The molecule has 4 aromatic rings. The Kier molecular flexibility index (Phi) is 3.15. The first-order valence-corrected chi connectivity index (χ1v) is 17.4. The third-order valence-corrected chi connectivity index (χ3v) is 15.6. The van der Waals surface area contributed by atoms with Crippen molar-refractivity contribution in [3.05, 3.63) is 34.3 Å². The lowest BCUT2D eigenvalue weighted by Gasteiger charge is -2.35. The zero-order valence-electron chi connectivity index (χ0n) is 17.0. The molecule has 2 aromatic heterocycles. The highest BCUT2D eigenvalue weighted by Crippen LogP contribution is 2.42. The Hall–Kier alpha value is -1.61. The Morgan fingerprint density at radius 3 is 1.43 bits per heavy atom. The molecule has 0 N–H and O–H groups in total. The van der Waals surface area contributed by atoms with Crippen molar-refractivity contribution in [2.24, 2.45) is 0 Å². The van der Waals surface area contributed by atoms with Crippen LogP contribution in [0.4, 0.5) is 0 Å². The minimum Gasteiger partial charge on any atom is -0.250 e. The average molecular weight is 435 g/mol. The second-order valence-corrected chi connectivity index (χ2v) is 20.1. The van der Waals surface area contributed by atoms with Crippen LogP contribution >= 0.6 is 22.7 Å². The van der Waals surface area contributed by atoms with Crippen LogP contribution in [0.3, 0.4) is 0 Å². The summed E-state index contributed by atoms with van der Waals surface area (Å²) in [5.41, 5.74) is 2.83. The molecule has 6 heteroatoms. The summed E-state index contributed by atoms with van der Waals surface area (Å²) in [5.74, 6) is 0. The number of hydrogen-bond donors (Lipinski definition) is 0. The number of aryl methyl sites for hydroxylation is 2. The normalized spacial score (nSPS) is 17.5. The van der Waals surface area contributed by atoms with Crippen LogP contribution in [0.1, 0.15) is 10.0 Å². The van der Waals surface area contributed by atoms with Gasteiger partial charge in [-0.25, -0.2) is 0 Å². The van der Waals surface area contributed by atoms with E-state index in [-0.39, 0.29) is 0 Å². The van der Waals surface area contributed by atoms with E-state index >= 15 is 0 Å².